The Morgan fingerprint density at radius 1 is 1.07 bits per heavy atom. The lowest BCUT2D eigenvalue weighted by molar-refractivity contribution is -0.116. The first-order valence-electron chi connectivity index (χ1n) is 9.54. The Morgan fingerprint density at radius 3 is 2.38 bits per heavy atom. The smallest absolute Gasteiger partial charge is 0.282 e. The van der Waals surface area contributed by atoms with Crippen molar-refractivity contribution in [2.45, 2.75) is 33.7 Å². The van der Waals surface area contributed by atoms with Crippen LogP contribution in [-0.2, 0) is 21.5 Å². The van der Waals surface area contributed by atoms with Crippen LogP contribution >= 0.6 is 11.6 Å². The Bertz CT molecular complexity index is 1000. The van der Waals surface area contributed by atoms with Crippen LogP contribution in [-0.4, -0.2) is 42.6 Å². The third-order valence-corrected chi connectivity index (χ3v) is 7.14. The van der Waals surface area contributed by atoms with Gasteiger partial charge in [0.25, 0.3) is 10.2 Å². The predicted octanol–water partition coefficient (Wildman–Crippen LogP) is 3.66. The van der Waals surface area contributed by atoms with Gasteiger partial charge in [-0.15, -0.1) is 0 Å². The van der Waals surface area contributed by atoms with E-state index in [1.54, 1.807) is 18.2 Å². The molecule has 0 aliphatic carbocycles. The molecule has 1 N–H and O–H groups in total. The van der Waals surface area contributed by atoms with Gasteiger partial charge >= 0.3 is 0 Å². The van der Waals surface area contributed by atoms with E-state index in [-0.39, 0.29) is 19.0 Å². The number of nitrogens with zero attached hydrogens (tertiary/aromatic N) is 2. The molecule has 1 saturated heterocycles. The fourth-order valence-corrected chi connectivity index (χ4v) is 5.55. The zero-order chi connectivity index (χ0) is 21.2. The number of anilines is 1. The number of carbonyl (C=O) groups is 1. The lowest BCUT2D eigenvalue weighted by Gasteiger charge is -2.34. The van der Waals surface area contributed by atoms with Crippen LogP contribution in [0.25, 0.3) is 0 Å². The van der Waals surface area contributed by atoms with Crippen LogP contribution in [0, 0.1) is 20.8 Å². The number of nitrogens with one attached hydrogen (secondary N) is 1. The molecule has 1 heterocycles. The first-order chi connectivity index (χ1) is 13.7. The fraction of sp³-hybridized carbons (Fsp3) is 0.381. The van der Waals surface area contributed by atoms with Crippen molar-refractivity contribution >= 4 is 33.4 Å². The van der Waals surface area contributed by atoms with Crippen LogP contribution < -0.4 is 5.32 Å². The maximum atomic E-state index is 13.0. The largest absolute Gasteiger partial charge is 0.324 e. The van der Waals surface area contributed by atoms with Gasteiger partial charge in [0.2, 0.25) is 5.91 Å². The quantitative estimate of drug-likeness (QED) is 0.779. The Labute approximate surface area is 177 Å². The Morgan fingerprint density at radius 2 is 1.72 bits per heavy atom. The SMILES string of the molecule is Cc1cc(C)c(NC(=O)CN2CCCN(Cc3cccc(Cl)c3)S2(=O)=O)c(C)c1. The van der Waals surface area contributed by atoms with Gasteiger partial charge in [0.15, 0.2) is 0 Å². The van der Waals surface area contributed by atoms with Crippen LogP contribution in [0.2, 0.25) is 5.02 Å². The first kappa shape index (κ1) is 21.8. The van der Waals surface area contributed by atoms with Crippen molar-refractivity contribution in [2.24, 2.45) is 0 Å². The van der Waals surface area contributed by atoms with E-state index in [1.807, 2.05) is 39.0 Å². The highest BCUT2D eigenvalue weighted by molar-refractivity contribution is 7.86. The molecule has 2 aromatic carbocycles. The van der Waals surface area contributed by atoms with E-state index >= 15 is 0 Å². The highest BCUT2D eigenvalue weighted by atomic mass is 35.5. The predicted molar refractivity (Wildman–Crippen MR) is 116 cm³/mol. The summed E-state index contributed by atoms with van der Waals surface area (Å²) in [7, 11) is -3.73. The van der Waals surface area contributed by atoms with Crippen molar-refractivity contribution in [1.29, 1.82) is 0 Å². The molecule has 0 bridgehead atoms. The minimum absolute atomic E-state index is 0.207. The summed E-state index contributed by atoms with van der Waals surface area (Å²) in [5, 5.41) is 3.45. The van der Waals surface area contributed by atoms with Crippen LogP contribution in [0.15, 0.2) is 36.4 Å². The minimum Gasteiger partial charge on any atom is -0.324 e. The standard InChI is InChI=1S/C21H26ClN3O3S/c1-15-10-16(2)21(17(3)11-15)23-20(26)14-25-9-5-8-24(29(25,27)28)13-18-6-4-7-19(22)12-18/h4,6-7,10-12H,5,8-9,13-14H2,1-3H3,(H,23,26). The van der Waals surface area contributed by atoms with Crippen LogP contribution in [0.4, 0.5) is 5.69 Å². The second kappa shape index (κ2) is 8.83. The molecule has 2 aromatic rings. The van der Waals surface area contributed by atoms with Crippen molar-refractivity contribution in [2.75, 3.05) is 25.0 Å². The molecule has 1 aliphatic rings. The molecule has 0 unspecified atom stereocenters. The Balaban J connectivity index is 1.71. The summed E-state index contributed by atoms with van der Waals surface area (Å²) in [5.74, 6) is -0.340. The van der Waals surface area contributed by atoms with Crippen LogP contribution in [0.3, 0.4) is 0 Å². The number of amides is 1. The van der Waals surface area contributed by atoms with Gasteiger partial charge in [-0.3, -0.25) is 4.79 Å². The number of halogens is 1. The number of rotatable bonds is 5. The monoisotopic (exact) mass is 435 g/mol. The van der Waals surface area contributed by atoms with Crippen molar-refractivity contribution in [3.8, 4) is 0 Å². The average molecular weight is 436 g/mol. The molecule has 0 atom stereocenters. The van der Waals surface area contributed by atoms with Gasteiger partial charge in [-0.2, -0.15) is 17.0 Å². The third-order valence-electron chi connectivity index (χ3n) is 4.98. The Hall–Kier alpha value is -1.93. The van der Waals surface area contributed by atoms with Crippen molar-refractivity contribution in [1.82, 2.24) is 8.61 Å². The molecule has 1 aliphatic heterocycles. The van der Waals surface area contributed by atoms with E-state index in [4.69, 9.17) is 11.6 Å². The highest BCUT2D eigenvalue weighted by Crippen LogP contribution is 2.23. The van der Waals surface area contributed by atoms with Crippen LogP contribution in [0.1, 0.15) is 28.7 Å². The van der Waals surface area contributed by atoms with Gasteiger partial charge in [0.1, 0.15) is 0 Å². The van der Waals surface area contributed by atoms with Crippen molar-refractivity contribution in [3.05, 3.63) is 63.7 Å². The first-order valence-corrected chi connectivity index (χ1v) is 11.3. The molecule has 0 spiro atoms. The summed E-state index contributed by atoms with van der Waals surface area (Å²) in [4.78, 5) is 12.6. The van der Waals surface area contributed by atoms with Gasteiger partial charge in [-0.25, -0.2) is 0 Å². The lowest BCUT2D eigenvalue weighted by Crippen LogP contribution is -2.51. The molecule has 1 fully saturated rings. The molecular formula is C21H26ClN3O3S. The van der Waals surface area contributed by atoms with E-state index in [1.165, 1.54) is 8.61 Å². The molecule has 3 rings (SSSR count). The number of hydrogen-bond donors (Lipinski definition) is 1. The molecule has 0 aromatic heterocycles. The zero-order valence-electron chi connectivity index (χ0n) is 16.9. The third kappa shape index (κ3) is 5.17. The molecular weight excluding hydrogens is 410 g/mol. The highest BCUT2D eigenvalue weighted by Gasteiger charge is 2.34. The molecule has 6 nitrogen and oxygen atoms in total. The summed E-state index contributed by atoms with van der Waals surface area (Å²) in [6, 6.07) is 11.1. The van der Waals surface area contributed by atoms with Gasteiger partial charge in [-0.05, 0) is 56.0 Å². The van der Waals surface area contributed by atoms with E-state index in [0.29, 0.717) is 24.5 Å². The van der Waals surface area contributed by atoms with Gasteiger partial charge in [0.05, 0.1) is 6.54 Å². The van der Waals surface area contributed by atoms with Gasteiger partial charge in [-0.1, -0.05) is 41.4 Å². The molecule has 29 heavy (non-hydrogen) atoms. The normalized spacial score (nSPS) is 17.2. The minimum atomic E-state index is -3.73. The topological polar surface area (TPSA) is 69.7 Å². The second-order valence-corrected chi connectivity index (χ2v) is 9.85. The van der Waals surface area contributed by atoms with E-state index in [9.17, 15) is 13.2 Å². The lowest BCUT2D eigenvalue weighted by atomic mass is 10.1. The Kier molecular flexibility index (Phi) is 6.63. The van der Waals surface area contributed by atoms with Crippen molar-refractivity contribution in [3.63, 3.8) is 0 Å². The molecule has 0 radical (unpaired) electrons. The number of hydrogen-bond acceptors (Lipinski definition) is 3. The number of carbonyl (C=O) groups excluding carboxylic acids is 1. The van der Waals surface area contributed by atoms with E-state index in [2.05, 4.69) is 5.32 Å². The zero-order valence-corrected chi connectivity index (χ0v) is 18.5. The summed E-state index contributed by atoms with van der Waals surface area (Å²) in [6.07, 6.45) is 0.662. The van der Waals surface area contributed by atoms with Gasteiger partial charge in [0, 0.05) is 30.3 Å². The summed E-state index contributed by atoms with van der Waals surface area (Å²) in [5.41, 5.74) is 4.59. The number of benzene rings is 2. The van der Waals surface area contributed by atoms with Gasteiger partial charge < -0.3 is 5.32 Å². The van der Waals surface area contributed by atoms with E-state index < -0.39 is 10.2 Å². The maximum Gasteiger partial charge on any atom is 0.282 e. The number of aryl methyl sites for hydroxylation is 3. The fourth-order valence-electron chi connectivity index (χ4n) is 3.69. The molecule has 8 heteroatoms. The maximum absolute atomic E-state index is 13.0. The van der Waals surface area contributed by atoms with Crippen molar-refractivity contribution < 1.29 is 13.2 Å². The van der Waals surface area contributed by atoms with Crippen LogP contribution in [0.5, 0.6) is 0 Å². The average Bonchev–Trinajstić information content (AvgIpc) is 2.62. The molecule has 156 valence electrons. The summed E-state index contributed by atoms with van der Waals surface area (Å²) in [6.45, 7) is 6.63. The molecule has 1 amide bonds. The summed E-state index contributed by atoms with van der Waals surface area (Å²) >= 11 is 6.01. The van der Waals surface area contributed by atoms with E-state index in [0.717, 1.165) is 27.9 Å². The second-order valence-electron chi connectivity index (χ2n) is 7.48. The molecule has 0 saturated carbocycles. The summed E-state index contributed by atoms with van der Waals surface area (Å²) < 4.78 is 28.7.